The minimum Gasteiger partial charge on any atom is -0.0625 e. The van der Waals surface area contributed by atoms with Gasteiger partial charge in [0.15, 0.2) is 0 Å². The van der Waals surface area contributed by atoms with Gasteiger partial charge < -0.3 is 0 Å². The van der Waals surface area contributed by atoms with E-state index in [9.17, 15) is 0 Å². The number of hydrogen-bond donors (Lipinski definition) is 0. The van der Waals surface area contributed by atoms with Crippen molar-refractivity contribution in [3.05, 3.63) is 0 Å². The average molecular weight is 355 g/mol. The standard InChI is InChI=1S/C26H42/c1-15-4-8-19-18(12-15)7-9-21-20(19)10-11-26(3)24(16(2)13-17-5-6-17)22-14-23(22)25(21)26/h15-25H,4-14H2,1-3H3/t15-,16?,18+,19-,20?,21+,22?,23?,24?,25?,26+/m0/s1. The monoisotopic (exact) mass is 354 g/mol. The Balaban J connectivity index is 1.25. The van der Waals surface area contributed by atoms with Crippen LogP contribution in [0.4, 0.5) is 0 Å². The van der Waals surface area contributed by atoms with E-state index in [1.165, 1.54) is 5.92 Å². The molecular formula is C26H42. The molecule has 6 rings (SSSR count). The molecule has 26 heavy (non-hydrogen) atoms. The van der Waals surface area contributed by atoms with Crippen LogP contribution in [0, 0.1) is 70.5 Å². The Morgan fingerprint density at radius 2 is 1.62 bits per heavy atom. The number of hydrogen-bond acceptors (Lipinski definition) is 0. The first kappa shape index (κ1) is 16.9. The molecule has 0 saturated heterocycles. The van der Waals surface area contributed by atoms with E-state index in [2.05, 4.69) is 20.8 Å². The lowest BCUT2D eigenvalue weighted by Gasteiger charge is -2.58. The van der Waals surface area contributed by atoms with E-state index in [0.29, 0.717) is 0 Å². The Labute approximate surface area is 162 Å². The van der Waals surface area contributed by atoms with Crippen molar-refractivity contribution in [1.82, 2.24) is 0 Å². The summed E-state index contributed by atoms with van der Waals surface area (Å²) in [5, 5.41) is 0. The SMILES string of the molecule is CC(CC1CC1)C1C2CC2C2[C@@H]3CC[C@@H]4C[C@@H](C)CC[C@@H]4C3CC[C@]12C. The van der Waals surface area contributed by atoms with Crippen molar-refractivity contribution in [2.24, 2.45) is 70.5 Å². The second kappa shape index (κ2) is 5.76. The lowest BCUT2D eigenvalue weighted by molar-refractivity contribution is -0.0872. The van der Waals surface area contributed by atoms with E-state index < -0.39 is 0 Å². The van der Waals surface area contributed by atoms with E-state index in [4.69, 9.17) is 0 Å². The first-order valence-electron chi connectivity index (χ1n) is 12.6. The van der Waals surface area contributed by atoms with Crippen LogP contribution in [0.2, 0.25) is 0 Å². The van der Waals surface area contributed by atoms with Gasteiger partial charge in [-0.3, -0.25) is 0 Å². The third kappa shape index (κ3) is 2.38. The molecule has 146 valence electrons. The summed E-state index contributed by atoms with van der Waals surface area (Å²) in [7, 11) is 0. The molecule has 0 N–H and O–H groups in total. The third-order valence-corrected chi connectivity index (χ3v) is 11.1. The fourth-order valence-electron chi connectivity index (χ4n) is 10.2. The van der Waals surface area contributed by atoms with Crippen molar-refractivity contribution in [3.63, 3.8) is 0 Å². The van der Waals surface area contributed by atoms with Gasteiger partial charge in [0.25, 0.3) is 0 Å². The first-order valence-corrected chi connectivity index (χ1v) is 12.6. The molecule has 0 aliphatic heterocycles. The summed E-state index contributed by atoms with van der Waals surface area (Å²) < 4.78 is 0. The van der Waals surface area contributed by atoms with Crippen LogP contribution in [0.1, 0.15) is 91.4 Å². The van der Waals surface area contributed by atoms with Crippen LogP contribution in [-0.2, 0) is 0 Å². The van der Waals surface area contributed by atoms with Crippen molar-refractivity contribution in [3.8, 4) is 0 Å². The zero-order valence-corrected chi connectivity index (χ0v) is 17.6. The van der Waals surface area contributed by atoms with Gasteiger partial charge in [-0.05, 0) is 122 Å². The molecule has 0 heteroatoms. The average Bonchev–Trinajstić information content (AvgIpc) is 3.52. The molecular weight excluding hydrogens is 312 g/mol. The highest BCUT2D eigenvalue weighted by Crippen LogP contribution is 2.76. The van der Waals surface area contributed by atoms with E-state index in [-0.39, 0.29) is 0 Å². The van der Waals surface area contributed by atoms with Crippen LogP contribution >= 0.6 is 0 Å². The van der Waals surface area contributed by atoms with E-state index in [1.54, 1.807) is 70.6 Å². The predicted octanol–water partition coefficient (Wildman–Crippen LogP) is 7.18. The zero-order valence-electron chi connectivity index (χ0n) is 17.6. The summed E-state index contributed by atoms with van der Waals surface area (Å²) in [5.74, 6) is 12.3. The maximum absolute atomic E-state index is 2.79. The third-order valence-electron chi connectivity index (χ3n) is 11.1. The molecule has 6 fully saturated rings. The molecule has 0 bridgehead atoms. The lowest BCUT2D eigenvalue weighted by atomic mass is 9.47. The highest BCUT2D eigenvalue weighted by Gasteiger charge is 2.69. The molecule has 0 amide bonds. The van der Waals surface area contributed by atoms with Gasteiger partial charge in [-0.15, -0.1) is 0 Å². The van der Waals surface area contributed by atoms with Crippen LogP contribution < -0.4 is 0 Å². The summed E-state index contributed by atoms with van der Waals surface area (Å²) in [4.78, 5) is 0. The highest BCUT2D eigenvalue weighted by atomic mass is 14.7. The minimum absolute atomic E-state index is 0.734. The van der Waals surface area contributed by atoms with Crippen molar-refractivity contribution >= 4 is 0 Å². The molecule has 6 aliphatic carbocycles. The normalized spacial score (nSPS) is 59.0. The Morgan fingerprint density at radius 3 is 2.42 bits per heavy atom. The van der Waals surface area contributed by atoms with Gasteiger partial charge >= 0.3 is 0 Å². The molecule has 0 aromatic heterocycles. The molecule has 0 spiro atoms. The summed E-state index contributed by atoms with van der Waals surface area (Å²) >= 11 is 0. The maximum atomic E-state index is 2.79. The van der Waals surface area contributed by atoms with Crippen molar-refractivity contribution in [2.45, 2.75) is 91.4 Å². The zero-order chi connectivity index (χ0) is 17.6. The second-order valence-electron chi connectivity index (χ2n) is 12.6. The van der Waals surface area contributed by atoms with Crippen LogP contribution in [-0.4, -0.2) is 0 Å². The van der Waals surface area contributed by atoms with Crippen LogP contribution in [0.15, 0.2) is 0 Å². The molecule has 0 aromatic carbocycles. The molecule has 0 heterocycles. The quantitative estimate of drug-likeness (QED) is 0.503. The van der Waals surface area contributed by atoms with E-state index in [0.717, 1.165) is 64.6 Å². The fourth-order valence-corrected chi connectivity index (χ4v) is 10.2. The Bertz CT molecular complexity index is 560. The lowest BCUT2D eigenvalue weighted by Crippen LogP contribution is -2.50. The molecule has 11 atom stereocenters. The second-order valence-corrected chi connectivity index (χ2v) is 12.6. The van der Waals surface area contributed by atoms with Crippen LogP contribution in [0.3, 0.4) is 0 Å². The fraction of sp³-hybridized carbons (Fsp3) is 1.00. The molecule has 6 aliphatic rings. The summed E-state index contributed by atoms with van der Waals surface area (Å²) in [6.07, 6.45) is 17.4. The topological polar surface area (TPSA) is 0 Å². The maximum Gasteiger partial charge on any atom is -0.0258 e. The number of rotatable bonds is 3. The Morgan fingerprint density at radius 1 is 0.808 bits per heavy atom. The summed E-state index contributed by atoms with van der Waals surface area (Å²) in [6.45, 7) is 7.98. The van der Waals surface area contributed by atoms with Crippen molar-refractivity contribution in [2.75, 3.05) is 0 Å². The van der Waals surface area contributed by atoms with Crippen LogP contribution in [0.25, 0.3) is 0 Å². The molecule has 0 nitrogen and oxygen atoms in total. The minimum atomic E-state index is 0.734. The highest BCUT2D eigenvalue weighted by molar-refractivity contribution is 5.18. The number of fused-ring (bicyclic) bond motifs is 7. The molecule has 6 unspecified atom stereocenters. The van der Waals surface area contributed by atoms with Gasteiger partial charge in [-0.25, -0.2) is 0 Å². The van der Waals surface area contributed by atoms with Gasteiger partial charge in [0.1, 0.15) is 0 Å². The van der Waals surface area contributed by atoms with Gasteiger partial charge in [0.2, 0.25) is 0 Å². The Hall–Kier alpha value is 0. The van der Waals surface area contributed by atoms with Gasteiger partial charge in [-0.1, -0.05) is 40.0 Å². The van der Waals surface area contributed by atoms with Gasteiger partial charge in [-0.2, -0.15) is 0 Å². The molecule has 0 radical (unpaired) electrons. The van der Waals surface area contributed by atoms with Gasteiger partial charge in [0.05, 0.1) is 0 Å². The smallest absolute Gasteiger partial charge is 0.0258 e. The van der Waals surface area contributed by atoms with Gasteiger partial charge in [0, 0.05) is 0 Å². The predicted molar refractivity (Wildman–Crippen MR) is 109 cm³/mol. The first-order chi connectivity index (χ1) is 12.6. The van der Waals surface area contributed by atoms with Crippen molar-refractivity contribution < 1.29 is 0 Å². The summed E-state index contributed by atoms with van der Waals surface area (Å²) in [6, 6.07) is 0. The van der Waals surface area contributed by atoms with Crippen molar-refractivity contribution in [1.29, 1.82) is 0 Å². The molecule has 0 aromatic rings. The summed E-state index contributed by atoms with van der Waals surface area (Å²) in [5.41, 5.74) is 0.734. The van der Waals surface area contributed by atoms with E-state index in [1.807, 2.05) is 0 Å². The largest absolute Gasteiger partial charge is 0.0625 e. The molecule has 6 saturated carbocycles. The van der Waals surface area contributed by atoms with E-state index >= 15 is 0 Å². The van der Waals surface area contributed by atoms with Crippen LogP contribution in [0.5, 0.6) is 0 Å². The Kier molecular flexibility index (Phi) is 3.75.